The third kappa shape index (κ3) is 4.11. The number of nitrogens with zero attached hydrogens (tertiary/aromatic N) is 2. The average Bonchev–Trinajstić information content (AvgIpc) is 2.56. The Hall–Kier alpha value is -1.97. The Bertz CT molecular complexity index is 647. The van der Waals surface area contributed by atoms with E-state index in [-0.39, 0.29) is 17.9 Å². The highest BCUT2D eigenvalue weighted by atomic mass is 16.1. The third-order valence-corrected chi connectivity index (χ3v) is 4.40. The van der Waals surface area contributed by atoms with Crippen molar-refractivity contribution in [2.45, 2.75) is 25.4 Å². The predicted molar refractivity (Wildman–Crippen MR) is 99.3 cm³/mol. The highest BCUT2D eigenvalue weighted by Crippen LogP contribution is 2.27. The highest BCUT2D eigenvalue weighted by Gasteiger charge is 2.21. The van der Waals surface area contributed by atoms with Crippen LogP contribution in [0.25, 0.3) is 0 Å². The maximum atomic E-state index is 12.6. The van der Waals surface area contributed by atoms with Gasteiger partial charge in [0.25, 0.3) is 0 Å². The van der Waals surface area contributed by atoms with E-state index in [2.05, 4.69) is 49.3 Å². The van der Waals surface area contributed by atoms with Gasteiger partial charge in [0.05, 0.1) is 12.1 Å². The van der Waals surface area contributed by atoms with Gasteiger partial charge in [0.2, 0.25) is 0 Å². The molecular weight excluding hydrogens is 296 g/mol. The minimum absolute atomic E-state index is 0.0647. The smallest absolute Gasteiger partial charge is 0.179 e. The van der Waals surface area contributed by atoms with Crippen LogP contribution in [0.1, 0.15) is 40.9 Å². The summed E-state index contributed by atoms with van der Waals surface area (Å²) in [6.45, 7) is 2.05. The molecule has 0 aliphatic heterocycles. The number of benzene rings is 2. The molecule has 0 saturated heterocycles. The lowest BCUT2D eigenvalue weighted by molar-refractivity contribution is 0.0871. The number of rotatable bonds is 7. The summed E-state index contributed by atoms with van der Waals surface area (Å²) in [4.78, 5) is 16.8. The van der Waals surface area contributed by atoms with E-state index in [9.17, 15) is 4.79 Å². The zero-order valence-electron chi connectivity index (χ0n) is 15.3. The Balaban J connectivity index is 2.29. The molecule has 0 amide bonds. The number of likely N-dealkylation sites (N-methyl/N-ethyl adjacent to an activating group) is 1. The van der Waals surface area contributed by atoms with Gasteiger partial charge >= 0.3 is 0 Å². The lowest BCUT2D eigenvalue weighted by Gasteiger charge is -2.26. The van der Waals surface area contributed by atoms with E-state index in [1.165, 1.54) is 11.1 Å². The number of carbonyl (C=O) groups excluding carboxylic acids is 1. The molecule has 0 aliphatic rings. The first-order valence-corrected chi connectivity index (χ1v) is 8.38. The Morgan fingerprint density at radius 2 is 1.46 bits per heavy atom. The van der Waals surface area contributed by atoms with Crippen molar-refractivity contribution in [2.75, 3.05) is 28.2 Å². The van der Waals surface area contributed by atoms with Crippen LogP contribution in [0.3, 0.4) is 0 Å². The molecule has 1 radical (unpaired) electrons. The second kappa shape index (κ2) is 8.22. The van der Waals surface area contributed by atoms with Gasteiger partial charge in [-0.3, -0.25) is 14.6 Å². The standard InChI is InChI=1S/C21H27N2O/c1-6-19(22(2)3)21(24)18-14-12-17(13-15-18)20(23(4)5)16-10-8-7-9-11-16/h8-15,19-20H,6H2,1-5H3. The van der Waals surface area contributed by atoms with Gasteiger partial charge in [-0.15, -0.1) is 0 Å². The summed E-state index contributed by atoms with van der Waals surface area (Å²) < 4.78 is 0. The molecule has 2 aromatic rings. The summed E-state index contributed by atoms with van der Waals surface area (Å²) in [5.74, 6) is 0.185. The molecule has 0 fully saturated rings. The zero-order chi connectivity index (χ0) is 17.7. The van der Waals surface area contributed by atoms with Crippen LogP contribution in [0.2, 0.25) is 0 Å². The van der Waals surface area contributed by atoms with E-state index in [1.54, 1.807) is 0 Å². The summed E-state index contributed by atoms with van der Waals surface area (Å²) in [5.41, 5.74) is 3.18. The van der Waals surface area contributed by atoms with E-state index in [1.807, 2.05) is 50.2 Å². The van der Waals surface area contributed by atoms with Crippen molar-refractivity contribution in [2.24, 2.45) is 0 Å². The average molecular weight is 323 g/mol. The van der Waals surface area contributed by atoms with Crippen molar-refractivity contribution >= 4 is 5.78 Å². The monoisotopic (exact) mass is 323 g/mol. The maximum absolute atomic E-state index is 12.6. The first-order chi connectivity index (χ1) is 11.5. The minimum atomic E-state index is -0.0647. The number of carbonyl (C=O) groups is 1. The van der Waals surface area contributed by atoms with Crippen LogP contribution >= 0.6 is 0 Å². The quantitative estimate of drug-likeness (QED) is 0.727. The Morgan fingerprint density at radius 3 is 1.92 bits per heavy atom. The van der Waals surface area contributed by atoms with Gasteiger partial charge in [0.1, 0.15) is 0 Å². The van der Waals surface area contributed by atoms with Gasteiger partial charge in [-0.05, 0) is 51.8 Å². The van der Waals surface area contributed by atoms with E-state index >= 15 is 0 Å². The molecule has 0 saturated carbocycles. The van der Waals surface area contributed by atoms with Crippen LogP contribution in [0.5, 0.6) is 0 Å². The Morgan fingerprint density at radius 1 is 0.917 bits per heavy atom. The molecule has 0 bridgehead atoms. The van der Waals surface area contributed by atoms with Crippen molar-refractivity contribution in [3.05, 3.63) is 71.3 Å². The fraction of sp³-hybridized carbons (Fsp3) is 0.381. The summed E-state index contributed by atoms with van der Waals surface area (Å²) >= 11 is 0. The van der Waals surface area contributed by atoms with E-state index < -0.39 is 0 Å². The van der Waals surface area contributed by atoms with Crippen LogP contribution < -0.4 is 0 Å². The molecule has 24 heavy (non-hydrogen) atoms. The van der Waals surface area contributed by atoms with Gasteiger partial charge in [-0.25, -0.2) is 0 Å². The molecule has 2 unspecified atom stereocenters. The van der Waals surface area contributed by atoms with E-state index in [4.69, 9.17) is 0 Å². The molecule has 0 aliphatic carbocycles. The van der Waals surface area contributed by atoms with Crippen molar-refractivity contribution < 1.29 is 4.79 Å². The number of Topliss-reactive ketones (excluding diaryl/α,β-unsaturated/α-hetero) is 1. The minimum Gasteiger partial charge on any atom is -0.299 e. The largest absolute Gasteiger partial charge is 0.299 e. The molecule has 2 aromatic carbocycles. The van der Waals surface area contributed by atoms with Gasteiger partial charge in [-0.1, -0.05) is 55.5 Å². The SMILES string of the molecule is CCC(C(=O)c1ccc(C(c2cc[c]cc2)N(C)C)cc1)N(C)C. The molecule has 0 spiro atoms. The summed E-state index contributed by atoms with van der Waals surface area (Å²) in [7, 11) is 8.04. The van der Waals surface area contributed by atoms with Gasteiger partial charge in [0.15, 0.2) is 5.78 Å². The lowest BCUT2D eigenvalue weighted by atomic mass is 9.94. The first-order valence-electron chi connectivity index (χ1n) is 8.38. The van der Waals surface area contributed by atoms with Gasteiger partial charge in [-0.2, -0.15) is 0 Å². The molecule has 0 aromatic heterocycles. The first kappa shape index (κ1) is 18.4. The molecule has 2 atom stereocenters. The highest BCUT2D eigenvalue weighted by molar-refractivity contribution is 6.00. The number of ketones is 1. The second-order valence-electron chi connectivity index (χ2n) is 6.57. The van der Waals surface area contributed by atoms with Crippen molar-refractivity contribution in [3.63, 3.8) is 0 Å². The Kier molecular flexibility index (Phi) is 6.29. The lowest BCUT2D eigenvalue weighted by Crippen LogP contribution is -2.35. The molecule has 127 valence electrons. The summed E-state index contributed by atoms with van der Waals surface area (Å²) in [5, 5.41) is 0. The van der Waals surface area contributed by atoms with E-state index in [0.717, 1.165) is 12.0 Å². The second-order valence-corrected chi connectivity index (χ2v) is 6.57. The maximum Gasteiger partial charge on any atom is 0.179 e. The normalized spacial score (nSPS) is 14.0. The fourth-order valence-corrected chi connectivity index (χ4v) is 3.18. The van der Waals surface area contributed by atoms with Crippen molar-refractivity contribution in [3.8, 4) is 0 Å². The number of hydrogen-bond acceptors (Lipinski definition) is 3. The van der Waals surface area contributed by atoms with E-state index in [0.29, 0.717) is 0 Å². The zero-order valence-corrected chi connectivity index (χ0v) is 15.3. The van der Waals surface area contributed by atoms with Crippen LogP contribution in [-0.4, -0.2) is 49.8 Å². The molecule has 3 nitrogen and oxygen atoms in total. The van der Waals surface area contributed by atoms with Crippen molar-refractivity contribution in [1.82, 2.24) is 9.80 Å². The predicted octanol–water partition coefficient (Wildman–Crippen LogP) is 3.66. The summed E-state index contributed by atoms with van der Waals surface area (Å²) in [6.07, 6.45) is 0.814. The van der Waals surface area contributed by atoms with Crippen molar-refractivity contribution in [1.29, 1.82) is 0 Å². The fourth-order valence-electron chi connectivity index (χ4n) is 3.18. The molecule has 0 heterocycles. The van der Waals surface area contributed by atoms with Crippen LogP contribution in [0.4, 0.5) is 0 Å². The van der Waals surface area contributed by atoms with Crippen LogP contribution in [0, 0.1) is 6.07 Å². The summed E-state index contributed by atoms with van der Waals surface area (Å²) in [6, 6.07) is 19.3. The van der Waals surface area contributed by atoms with Crippen LogP contribution in [0.15, 0.2) is 48.5 Å². The third-order valence-electron chi connectivity index (χ3n) is 4.40. The Labute approximate surface area is 145 Å². The van der Waals surface area contributed by atoms with Crippen LogP contribution in [-0.2, 0) is 0 Å². The van der Waals surface area contributed by atoms with Gasteiger partial charge < -0.3 is 0 Å². The number of hydrogen-bond donors (Lipinski definition) is 0. The molecular formula is C21H27N2O. The van der Waals surface area contributed by atoms with Gasteiger partial charge in [0, 0.05) is 5.56 Å². The molecule has 3 heteroatoms. The molecule has 2 rings (SSSR count). The topological polar surface area (TPSA) is 23.6 Å². The molecule has 0 N–H and O–H groups in total.